The first-order valence-corrected chi connectivity index (χ1v) is 12.1. The highest BCUT2D eigenvalue weighted by molar-refractivity contribution is 7.92. The molecule has 0 unspecified atom stereocenters. The molecule has 0 fully saturated rings. The summed E-state index contributed by atoms with van der Waals surface area (Å²) in [5.41, 5.74) is 0.715. The van der Waals surface area contributed by atoms with Crippen molar-refractivity contribution in [2.24, 2.45) is 5.16 Å². The van der Waals surface area contributed by atoms with Crippen LogP contribution >= 0.6 is 11.6 Å². The van der Waals surface area contributed by atoms with Crippen molar-refractivity contribution in [1.82, 2.24) is 0 Å². The SMILES string of the molecule is CC(CCc1cc(F)ccc1[C@@H](C)N(c1cc(F)ccc1F)S(=O)(=O)c1ccc(Cl)cc1)=NO. The molecule has 0 aromatic heterocycles. The van der Waals surface area contributed by atoms with E-state index in [0.29, 0.717) is 21.9 Å². The van der Waals surface area contributed by atoms with E-state index in [1.165, 1.54) is 43.3 Å². The van der Waals surface area contributed by atoms with Crippen LogP contribution in [0.25, 0.3) is 0 Å². The molecular weight excluding hydrogens is 489 g/mol. The van der Waals surface area contributed by atoms with E-state index >= 15 is 0 Å². The molecule has 34 heavy (non-hydrogen) atoms. The largest absolute Gasteiger partial charge is 0.411 e. The Bertz CT molecular complexity index is 1320. The minimum absolute atomic E-state index is 0.181. The molecule has 0 aliphatic rings. The van der Waals surface area contributed by atoms with Crippen molar-refractivity contribution >= 4 is 33.0 Å². The van der Waals surface area contributed by atoms with Crippen LogP contribution in [0.2, 0.25) is 5.02 Å². The van der Waals surface area contributed by atoms with Crippen LogP contribution in [0, 0.1) is 17.5 Å². The summed E-state index contributed by atoms with van der Waals surface area (Å²) < 4.78 is 71.2. The van der Waals surface area contributed by atoms with Gasteiger partial charge in [-0.05, 0) is 86.3 Å². The molecule has 0 bridgehead atoms. The number of anilines is 1. The molecule has 3 rings (SSSR count). The van der Waals surface area contributed by atoms with Crippen molar-refractivity contribution in [3.05, 3.63) is 94.3 Å². The second-order valence-electron chi connectivity index (χ2n) is 7.70. The first-order valence-electron chi connectivity index (χ1n) is 10.3. The van der Waals surface area contributed by atoms with Gasteiger partial charge in [-0.15, -0.1) is 0 Å². The normalized spacial score (nSPS) is 13.1. The fourth-order valence-electron chi connectivity index (χ4n) is 3.61. The molecular formula is C24H22ClF3N2O3S. The van der Waals surface area contributed by atoms with Gasteiger partial charge in [0.25, 0.3) is 10.0 Å². The molecule has 3 aromatic carbocycles. The Morgan fingerprint density at radius 1 is 1.03 bits per heavy atom. The number of hydrogen-bond acceptors (Lipinski definition) is 4. The first kappa shape index (κ1) is 25.6. The zero-order chi connectivity index (χ0) is 25.0. The highest BCUT2D eigenvalue weighted by Gasteiger charge is 2.33. The van der Waals surface area contributed by atoms with Crippen molar-refractivity contribution in [3.8, 4) is 0 Å². The van der Waals surface area contributed by atoms with Gasteiger partial charge in [-0.3, -0.25) is 4.31 Å². The molecule has 0 aliphatic heterocycles. The predicted molar refractivity (Wildman–Crippen MR) is 126 cm³/mol. The highest BCUT2D eigenvalue weighted by atomic mass is 35.5. The molecule has 0 amide bonds. The van der Waals surface area contributed by atoms with Crippen LogP contribution in [0.3, 0.4) is 0 Å². The van der Waals surface area contributed by atoms with Gasteiger partial charge in [0.15, 0.2) is 0 Å². The fourth-order valence-corrected chi connectivity index (χ4v) is 5.37. The lowest BCUT2D eigenvalue weighted by Crippen LogP contribution is -2.35. The van der Waals surface area contributed by atoms with Crippen LogP contribution in [-0.4, -0.2) is 19.3 Å². The summed E-state index contributed by atoms with van der Waals surface area (Å²) in [7, 11) is -4.41. The lowest BCUT2D eigenvalue weighted by Gasteiger charge is -2.32. The number of benzene rings is 3. The van der Waals surface area contributed by atoms with Gasteiger partial charge in [-0.2, -0.15) is 0 Å². The van der Waals surface area contributed by atoms with Gasteiger partial charge in [0.2, 0.25) is 0 Å². The average molecular weight is 511 g/mol. The van der Waals surface area contributed by atoms with Crippen molar-refractivity contribution < 1.29 is 26.8 Å². The lowest BCUT2D eigenvalue weighted by atomic mass is 9.96. The number of aryl methyl sites for hydroxylation is 1. The van der Waals surface area contributed by atoms with Crippen molar-refractivity contribution in [2.75, 3.05) is 4.31 Å². The molecule has 5 nitrogen and oxygen atoms in total. The fraction of sp³-hybridized carbons (Fsp3) is 0.208. The van der Waals surface area contributed by atoms with Crippen LogP contribution in [0.1, 0.15) is 37.4 Å². The molecule has 1 atom stereocenters. The molecule has 0 spiro atoms. The van der Waals surface area contributed by atoms with Crippen LogP contribution in [0.5, 0.6) is 0 Å². The maximum atomic E-state index is 14.9. The molecule has 0 aliphatic carbocycles. The molecule has 0 heterocycles. The summed E-state index contributed by atoms with van der Waals surface area (Å²) >= 11 is 5.89. The van der Waals surface area contributed by atoms with Gasteiger partial charge >= 0.3 is 0 Å². The monoisotopic (exact) mass is 510 g/mol. The Labute approximate surface area is 201 Å². The van der Waals surface area contributed by atoms with E-state index in [-0.39, 0.29) is 17.7 Å². The summed E-state index contributed by atoms with van der Waals surface area (Å²) in [6, 6.07) is 10.6. The number of hydrogen-bond donors (Lipinski definition) is 1. The number of oxime groups is 1. The van der Waals surface area contributed by atoms with Gasteiger partial charge in [0, 0.05) is 11.1 Å². The number of sulfonamides is 1. The van der Waals surface area contributed by atoms with E-state index in [9.17, 15) is 21.6 Å². The zero-order valence-corrected chi connectivity index (χ0v) is 19.9. The Morgan fingerprint density at radius 2 is 1.65 bits per heavy atom. The summed E-state index contributed by atoms with van der Waals surface area (Å²) in [6.07, 6.45) is 0.506. The van der Waals surface area contributed by atoms with Gasteiger partial charge in [-0.25, -0.2) is 21.6 Å². The molecule has 10 heteroatoms. The number of nitrogens with zero attached hydrogens (tertiary/aromatic N) is 2. The summed E-state index contributed by atoms with van der Waals surface area (Å²) in [6.45, 7) is 3.09. The van der Waals surface area contributed by atoms with Crippen molar-refractivity contribution in [1.29, 1.82) is 0 Å². The van der Waals surface area contributed by atoms with E-state index < -0.39 is 39.2 Å². The van der Waals surface area contributed by atoms with Crippen molar-refractivity contribution in [3.63, 3.8) is 0 Å². The Kier molecular flexibility index (Phi) is 7.89. The molecule has 3 aromatic rings. The van der Waals surface area contributed by atoms with Gasteiger partial charge in [0.05, 0.1) is 22.3 Å². The first-order chi connectivity index (χ1) is 16.0. The lowest BCUT2D eigenvalue weighted by molar-refractivity contribution is 0.317. The molecule has 0 saturated heterocycles. The zero-order valence-electron chi connectivity index (χ0n) is 18.3. The molecule has 0 radical (unpaired) electrons. The second-order valence-corrected chi connectivity index (χ2v) is 9.96. The Balaban J connectivity index is 2.20. The van der Waals surface area contributed by atoms with Crippen molar-refractivity contribution in [2.45, 2.75) is 37.6 Å². The number of halogens is 4. The van der Waals surface area contributed by atoms with E-state index in [0.717, 1.165) is 28.6 Å². The maximum Gasteiger partial charge on any atom is 0.264 e. The van der Waals surface area contributed by atoms with Gasteiger partial charge in [-0.1, -0.05) is 22.8 Å². The third-order valence-corrected chi connectivity index (χ3v) is 7.50. The quantitative estimate of drug-likeness (QED) is 0.214. The predicted octanol–water partition coefficient (Wildman–Crippen LogP) is 6.50. The average Bonchev–Trinajstić information content (AvgIpc) is 2.80. The summed E-state index contributed by atoms with van der Waals surface area (Å²) in [4.78, 5) is -0.181. The molecule has 180 valence electrons. The second kappa shape index (κ2) is 10.5. The number of rotatable bonds is 8. The topological polar surface area (TPSA) is 70.0 Å². The summed E-state index contributed by atoms with van der Waals surface area (Å²) in [5.74, 6) is -2.32. The van der Waals surface area contributed by atoms with Crippen LogP contribution < -0.4 is 4.31 Å². The van der Waals surface area contributed by atoms with E-state index in [2.05, 4.69) is 5.16 Å². The standard InChI is InChI=1S/C24H22ClF3N2O3S/c1-15(29-31)3-4-17-13-19(26)7-11-22(17)16(2)30(24-14-20(27)8-12-23(24)28)34(32,33)21-9-5-18(25)6-10-21/h5-14,16,31H,3-4H2,1-2H3/t16-/m1/s1. The third kappa shape index (κ3) is 5.53. The van der Waals surface area contributed by atoms with E-state index in [4.69, 9.17) is 16.8 Å². The van der Waals surface area contributed by atoms with Crippen LogP contribution in [0.4, 0.5) is 18.9 Å². The van der Waals surface area contributed by atoms with Gasteiger partial charge < -0.3 is 5.21 Å². The third-order valence-electron chi connectivity index (χ3n) is 5.35. The minimum Gasteiger partial charge on any atom is -0.411 e. The molecule has 1 N–H and O–H groups in total. The Hall–Kier alpha value is -3.04. The summed E-state index contributed by atoms with van der Waals surface area (Å²) in [5, 5.41) is 12.3. The highest BCUT2D eigenvalue weighted by Crippen LogP contribution is 2.37. The van der Waals surface area contributed by atoms with Crippen LogP contribution in [0.15, 0.2) is 70.7 Å². The van der Waals surface area contributed by atoms with E-state index in [1.807, 2.05) is 0 Å². The van der Waals surface area contributed by atoms with Crippen LogP contribution in [-0.2, 0) is 16.4 Å². The minimum atomic E-state index is -4.41. The maximum absolute atomic E-state index is 14.9. The smallest absolute Gasteiger partial charge is 0.264 e. The Morgan fingerprint density at radius 3 is 2.29 bits per heavy atom. The van der Waals surface area contributed by atoms with Gasteiger partial charge in [0.1, 0.15) is 17.5 Å². The van der Waals surface area contributed by atoms with E-state index in [1.54, 1.807) is 6.92 Å². The molecule has 0 saturated carbocycles.